The molecule has 6 rings (SSSR count). The molecule has 0 bridgehead atoms. The largest absolute Gasteiger partial charge is 0.454 e. The van der Waals surface area contributed by atoms with E-state index in [0.717, 1.165) is 44.3 Å². The first-order chi connectivity index (χ1) is 16.7. The third-order valence-corrected chi connectivity index (χ3v) is 7.81. The molecule has 0 aliphatic carbocycles. The van der Waals surface area contributed by atoms with E-state index in [9.17, 15) is 0 Å². The summed E-state index contributed by atoms with van der Waals surface area (Å²) >= 11 is 1.78. The van der Waals surface area contributed by atoms with E-state index < -0.39 is 5.89 Å². The Labute approximate surface area is 205 Å². The monoisotopic (exact) mass is 462 g/mol. The highest BCUT2D eigenvalue weighted by atomic mass is 32.1. The van der Waals surface area contributed by atoms with Gasteiger partial charge in [0, 0.05) is 28.8 Å². The van der Waals surface area contributed by atoms with Crippen LogP contribution in [-0.4, -0.2) is 4.98 Å². The van der Waals surface area contributed by atoms with Crippen LogP contribution in [0.5, 0.6) is 0 Å². The summed E-state index contributed by atoms with van der Waals surface area (Å²) < 4.78 is 16.6. The number of pyridine rings is 1. The molecule has 3 aromatic carbocycles. The van der Waals surface area contributed by atoms with Gasteiger partial charge in [-0.1, -0.05) is 50.2 Å². The zero-order valence-corrected chi connectivity index (χ0v) is 20.9. The van der Waals surface area contributed by atoms with Crippen LogP contribution in [0, 0.1) is 20.8 Å². The Kier molecular flexibility index (Phi) is 4.59. The van der Waals surface area contributed by atoms with Crippen LogP contribution >= 0.6 is 11.3 Å². The average molecular weight is 463 g/mol. The molecule has 0 amide bonds. The van der Waals surface area contributed by atoms with Crippen molar-refractivity contribution in [3.05, 3.63) is 88.4 Å². The zero-order chi connectivity index (χ0) is 24.5. The number of para-hydroxylation sites is 1. The summed E-state index contributed by atoms with van der Waals surface area (Å²) in [6.07, 6.45) is 1.88. The molecule has 6 aromatic rings. The Morgan fingerprint density at radius 2 is 1.59 bits per heavy atom. The second-order valence-corrected chi connectivity index (χ2v) is 10.6. The van der Waals surface area contributed by atoms with E-state index in [1.165, 1.54) is 31.7 Å². The molecule has 3 heteroatoms. The number of aromatic nitrogens is 1. The fourth-order valence-electron chi connectivity index (χ4n) is 5.13. The van der Waals surface area contributed by atoms with Gasteiger partial charge in [-0.15, -0.1) is 11.3 Å². The summed E-state index contributed by atoms with van der Waals surface area (Å²) in [5.41, 5.74) is 9.21. The summed E-state index contributed by atoms with van der Waals surface area (Å²) in [5.74, 6) is -0.774. The van der Waals surface area contributed by atoms with Gasteiger partial charge in [0.15, 0.2) is 5.58 Å². The molecule has 0 spiro atoms. The average Bonchev–Trinajstić information content (AvgIpc) is 3.37. The fourth-order valence-corrected chi connectivity index (χ4v) is 6.13. The van der Waals surface area contributed by atoms with Crippen LogP contribution in [0.1, 0.15) is 42.7 Å². The number of aryl methyl sites for hydroxylation is 3. The van der Waals surface area contributed by atoms with Gasteiger partial charge in [0.05, 0.1) is 10.4 Å². The highest BCUT2D eigenvalue weighted by molar-refractivity contribution is 7.19. The Balaban J connectivity index is 1.65. The van der Waals surface area contributed by atoms with Crippen molar-refractivity contribution >= 4 is 43.4 Å². The van der Waals surface area contributed by atoms with Crippen molar-refractivity contribution in [2.24, 2.45) is 0 Å². The number of thiophene rings is 1. The predicted octanol–water partition coefficient (Wildman–Crippen LogP) is 9.58. The molecule has 34 heavy (non-hydrogen) atoms. The number of nitrogens with zero attached hydrogens (tertiary/aromatic N) is 1. The molecule has 0 saturated carbocycles. The van der Waals surface area contributed by atoms with E-state index in [0.29, 0.717) is 0 Å². The molecule has 3 aromatic heterocycles. The van der Waals surface area contributed by atoms with E-state index >= 15 is 0 Å². The minimum atomic E-state index is -0.774. The van der Waals surface area contributed by atoms with Crippen molar-refractivity contribution in [2.45, 2.75) is 40.5 Å². The van der Waals surface area contributed by atoms with E-state index in [1.54, 1.807) is 11.3 Å². The van der Waals surface area contributed by atoms with Gasteiger partial charge in [0.25, 0.3) is 0 Å². The third kappa shape index (κ3) is 3.19. The first kappa shape index (κ1) is 20.0. The van der Waals surface area contributed by atoms with Crippen LogP contribution in [0.15, 0.2) is 71.3 Å². The Morgan fingerprint density at radius 3 is 2.35 bits per heavy atom. The standard InChI is InChI=1S/C31H27NOS/c1-17(2)26-16-32-27(15-25(26)28-18(3)8-6-9-19(28)4)24-11-7-10-22-23-13-12-21-14-20(5)34-31(21)30(23)33-29(22)24/h6-17H,1-5H3/i17D. The molecule has 0 atom stereocenters. The van der Waals surface area contributed by atoms with E-state index in [1.807, 2.05) is 20.0 Å². The minimum absolute atomic E-state index is 0.774. The van der Waals surface area contributed by atoms with Crippen LogP contribution in [0.4, 0.5) is 0 Å². The predicted molar refractivity (Wildman–Crippen MR) is 146 cm³/mol. The zero-order valence-electron chi connectivity index (χ0n) is 21.1. The van der Waals surface area contributed by atoms with Crippen molar-refractivity contribution < 1.29 is 5.79 Å². The lowest BCUT2D eigenvalue weighted by atomic mass is 9.88. The molecular formula is C31H27NOS. The van der Waals surface area contributed by atoms with Crippen molar-refractivity contribution in [1.82, 2.24) is 4.98 Å². The number of fused-ring (bicyclic) bond motifs is 5. The topological polar surface area (TPSA) is 26.0 Å². The highest BCUT2D eigenvalue weighted by Crippen LogP contribution is 2.42. The smallest absolute Gasteiger partial charge is 0.153 e. The molecule has 0 fully saturated rings. The van der Waals surface area contributed by atoms with Crippen molar-refractivity contribution in [1.29, 1.82) is 0 Å². The normalized spacial score (nSPS) is 12.7. The third-order valence-electron chi connectivity index (χ3n) is 6.74. The van der Waals surface area contributed by atoms with Gasteiger partial charge in [-0.05, 0) is 84.1 Å². The number of hydrogen-bond donors (Lipinski definition) is 0. The second kappa shape index (κ2) is 7.82. The number of rotatable bonds is 3. The Morgan fingerprint density at radius 1 is 0.853 bits per heavy atom. The lowest BCUT2D eigenvalue weighted by molar-refractivity contribution is 0.674. The molecule has 2 nitrogen and oxygen atoms in total. The van der Waals surface area contributed by atoms with Crippen LogP contribution in [0.2, 0.25) is 0 Å². The van der Waals surface area contributed by atoms with E-state index in [2.05, 4.69) is 81.4 Å². The van der Waals surface area contributed by atoms with Crippen LogP contribution in [0.25, 0.3) is 54.4 Å². The molecule has 0 aliphatic heterocycles. The molecule has 0 unspecified atom stereocenters. The fraction of sp³-hybridized carbons (Fsp3) is 0.194. The number of furan rings is 1. The maximum atomic E-state index is 8.80. The van der Waals surface area contributed by atoms with E-state index in [4.69, 9.17) is 10.8 Å². The molecule has 0 radical (unpaired) electrons. The molecule has 3 heterocycles. The maximum Gasteiger partial charge on any atom is 0.153 e. The minimum Gasteiger partial charge on any atom is -0.454 e. The van der Waals surface area contributed by atoms with E-state index in [-0.39, 0.29) is 0 Å². The van der Waals surface area contributed by atoms with Crippen LogP contribution in [0.3, 0.4) is 0 Å². The van der Waals surface area contributed by atoms with Gasteiger partial charge in [0.1, 0.15) is 5.58 Å². The lowest BCUT2D eigenvalue weighted by Crippen LogP contribution is -1.99. The second-order valence-electron chi connectivity index (χ2n) is 9.38. The molecule has 0 saturated heterocycles. The number of hydrogen-bond acceptors (Lipinski definition) is 3. The summed E-state index contributed by atoms with van der Waals surface area (Å²) in [6.45, 7) is 10.3. The van der Waals surface area contributed by atoms with Gasteiger partial charge in [-0.3, -0.25) is 4.98 Å². The summed E-state index contributed by atoms with van der Waals surface area (Å²) in [6, 6.07) is 21.4. The van der Waals surface area contributed by atoms with Crippen molar-refractivity contribution in [2.75, 3.05) is 0 Å². The highest BCUT2D eigenvalue weighted by Gasteiger charge is 2.19. The molecule has 0 aliphatic rings. The van der Waals surface area contributed by atoms with Crippen LogP contribution in [-0.2, 0) is 0 Å². The molecule has 0 N–H and O–H groups in total. The van der Waals surface area contributed by atoms with Crippen molar-refractivity contribution in [3.63, 3.8) is 0 Å². The SMILES string of the molecule is [2H]C(C)(C)c1cnc(-c2cccc3c2oc2c3ccc3cc(C)sc32)cc1-c1c(C)cccc1C. The summed E-state index contributed by atoms with van der Waals surface area (Å²) in [4.78, 5) is 6.15. The summed E-state index contributed by atoms with van der Waals surface area (Å²) in [7, 11) is 0. The quantitative estimate of drug-likeness (QED) is 0.262. The first-order valence-corrected chi connectivity index (χ1v) is 12.5. The Hall–Kier alpha value is -3.43. The van der Waals surface area contributed by atoms with Gasteiger partial charge >= 0.3 is 0 Å². The summed E-state index contributed by atoms with van der Waals surface area (Å²) in [5, 5.41) is 3.46. The first-order valence-electron chi connectivity index (χ1n) is 12.1. The maximum absolute atomic E-state index is 8.80. The number of benzene rings is 3. The van der Waals surface area contributed by atoms with Gasteiger partial charge in [-0.2, -0.15) is 0 Å². The van der Waals surface area contributed by atoms with Gasteiger partial charge in [-0.25, -0.2) is 0 Å². The molecule has 168 valence electrons. The van der Waals surface area contributed by atoms with Gasteiger partial charge in [0.2, 0.25) is 0 Å². The lowest BCUT2D eigenvalue weighted by Gasteiger charge is -2.18. The Bertz CT molecular complexity index is 1750. The van der Waals surface area contributed by atoms with Gasteiger partial charge < -0.3 is 4.42 Å². The molecular weight excluding hydrogens is 434 g/mol. The van der Waals surface area contributed by atoms with Crippen molar-refractivity contribution in [3.8, 4) is 22.4 Å². The van der Waals surface area contributed by atoms with Crippen LogP contribution < -0.4 is 0 Å².